The van der Waals surface area contributed by atoms with Crippen molar-refractivity contribution in [3.63, 3.8) is 0 Å². The van der Waals surface area contributed by atoms with Crippen LogP contribution in [-0.2, 0) is 9.47 Å². The summed E-state index contributed by atoms with van der Waals surface area (Å²) in [6.07, 6.45) is 3.13. The van der Waals surface area contributed by atoms with E-state index in [9.17, 15) is 0 Å². The molecule has 0 amide bonds. The van der Waals surface area contributed by atoms with Gasteiger partial charge in [0.25, 0.3) is 0 Å². The van der Waals surface area contributed by atoms with Gasteiger partial charge in [0.15, 0.2) is 0 Å². The van der Waals surface area contributed by atoms with Crippen molar-refractivity contribution in [1.82, 2.24) is 0 Å². The molecule has 1 radical (unpaired) electrons. The number of ether oxygens (including phenoxy) is 2. The molecule has 12 heavy (non-hydrogen) atoms. The Kier molecular flexibility index (Phi) is 3.75. The molecule has 0 N–H and O–H groups in total. The second kappa shape index (κ2) is 4.40. The third-order valence-electron chi connectivity index (χ3n) is 2.17. The Morgan fingerprint density at radius 2 is 2.17 bits per heavy atom. The molecule has 1 aliphatic rings. The summed E-state index contributed by atoms with van der Waals surface area (Å²) in [5, 5.41) is 0. The second-order valence-electron chi connectivity index (χ2n) is 2.96. The van der Waals surface area contributed by atoms with E-state index in [2.05, 4.69) is 22.9 Å². The number of hydrogen-bond donors (Lipinski definition) is 0. The molecule has 0 aliphatic heterocycles. The van der Waals surface area contributed by atoms with E-state index in [1.165, 1.54) is 0 Å². The van der Waals surface area contributed by atoms with Gasteiger partial charge in [0.05, 0.1) is 6.10 Å². The van der Waals surface area contributed by atoms with E-state index in [0.29, 0.717) is 5.92 Å². The average molecular weight is 234 g/mol. The summed E-state index contributed by atoms with van der Waals surface area (Å²) in [5.74, 6) is 0.293. The van der Waals surface area contributed by atoms with Crippen LogP contribution < -0.4 is 0 Å². The van der Waals surface area contributed by atoms with Crippen LogP contribution >= 0.6 is 15.9 Å². The van der Waals surface area contributed by atoms with Crippen LogP contribution in [0.3, 0.4) is 0 Å². The van der Waals surface area contributed by atoms with Gasteiger partial charge >= 0.3 is 0 Å². The molecule has 0 aromatic carbocycles. The Balaban J connectivity index is 2.70. The normalized spacial score (nSPS) is 36.3. The number of hydrogen-bond acceptors (Lipinski definition) is 2. The predicted octanol–water partition coefficient (Wildman–Crippen LogP) is 2.15. The number of halogens is 1. The van der Waals surface area contributed by atoms with E-state index < -0.39 is 0 Å². The highest BCUT2D eigenvalue weighted by atomic mass is 79.9. The Hall–Kier alpha value is 0.140. The Bertz CT molecular complexity index is 179. The Morgan fingerprint density at radius 3 is 2.67 bits per heavy atom. The topological polar surface area (TPSA) is 18.5 Å². The maximum Gasteiger partial charge on any atom is 0.102 e. The van der Waals surface area contributed by atoms with Crippen LogP contribution in [0.15, 0.2) is 10.6 Å². The van der Waals surface area contributed by atoms with E-state index in [1.54, 1.807) is 14.2 Å². The fourth-order valence-corrected chi connectivity index (χ4v) is 1.83. The average Bonchev–Trinajstić information content (AvgIpc) is 2.09. The molecular formula is C9H14BrO2. The number of rotatable bonds is 2. The first-order chi connectivity index (χ1) is 5.69. The summed E-state index contributed by atoms with van der Waals surface area (Å²) in [7, 11) is 3.40. The summed E-state index contributed by atoms with van der Waals surface area (Å²) >= 11 is 3.45. The van der Waals surface area contributed by atoms with Gasteiger partial charge in [-0.15, -0.1) is 0 Å². The van der Waals surface area contributed by atoms with Crippen LogP contribution in [0.5, 0.6) is 0 Å². The number of allylic oxidation sites excluding steroid dienone is 1. The van der Waals surface area contributed by atoms with Gasteiger partial charge in [0, 0.05) is 14.2 Å². The van der Waals surface area contributed by atoms with Crippen molar-refractivity contribution in [2.75, 3.05) is 14.2 Å². The lowest BCUT2D eigenvalue weighted by molar-refractivity contribution is -0.0239. The van der Waals surface area contributed by atoms with Crippen molar-refractivity contribution in [2.45, 2.75) is 18.6 Å². The maximum atomic E-state index is 5.28. The van der Waals surface area contributed by atoms with Crippen LogP contribution in [0.25, 0.3) is 0 Å². The summed E-state index contributed by atoms with van der Waals surface area (Å²) < 4.78 is 11.7. The molecular weight excluding hydrogens is 220 g/mol. The lowest BCUT2D eigenvalue weighted by Gasteiger charge is -2.30. The van der Waals surface area contributed by atoms with Gasteiger partial charge in [0.1, 0.15) is 6.10 Å². The first kappa shape index (κ1) is 10.2. The highest BCUT2D eigenvalue weighted by molar-refractivity contribution is 9.11. The molecule has 1 rings (SSSR count). The summed E-state index contributed by atoms with van der Waals surface area (Å²) in [5.41, 5.74) is 0. The van der Waals surface area contributed by atoms with Gasteiger partial charge in [0.2, 0.25) is 0 Å². The zero-order valence-electron chi connectivity index (χ0n) is 7.42. The molecule has 2 nitrogen and oxygen atoms in total. The van der Waals surface area contributed by atoms with Crippen LogP contribution in [0.2, 0.25) is 0 Å². The van der Waals surface area contributed by atoms with Crippen molar-refractivity contribution < 1.29 is 9.47 Å². The molecule has 3 atom stereocenters. The van der Waals surface area contributed by atoms with Gasteiger partial charge in [-0.2, -0.15) is 0 Å². The molecule has 3 heteroatoms. The maximum absolute atomic E-state index is 5.28. The highest BCUT2D eigenvalue weighted by Gasteiger charge is 2.27. The van der Waals surface area contributed by atoms with Gasteiger partial charge in [-0.1, -0.05) is 15.9 Å². The molecule has 0 saturated heterocycles. The van der Waals surface area contributed by atoms with Gasteiger partial charge in [-0.25, -0.2) is 0 Å². The van der Waals surface area contributed by atoms with Crippen LogP contribution in [0, 0.1) is 12.8 Å². The molecule has 0 aromatic rings. The first-order valence-electron chi connectivity index (χ1n) is 3.95. The Morgan fingerprint density at radius 1 is 1.50 bits per heavy atom. The molecule has 0 aromatic heterocycles. The zero-order valence-corrected chi connectivity index (χ0v) is 9.00. The summed E-state index contributed by atoms with van der Waals surface area (Å²) in [6, 6.07) is 0. The predicted molar refractivity (Wildman–Crippen MR) is 52.1 cm³/mol. The third-order valence-corrected chi connectivity index (χ3v) is 3.08. The van der Waals surface area contributed by atoms with Crippen molar-refractivity contribution in [3.8, 4) is 0 Å². The molecule has 0 heterocycles. The zero-order chi connectivity index (χ0) is 9.14. The molecule has 0 bridgehead atoms. The van der Waals surface area contributed by atoms with Gasteiger partial charge in [-0.05, 0) is 29.8 Å². The van der Waals surface area contributed by atoms with Crippen molar-refractivity contribution >= 4 is 15.9 Å². The van der Waals surface area contributed by atoms with Crippen molar-refractivity contribution in [2.24, 2.45) is 5.92 Å². The first-order valence-corrected chi connectivity index (χ1v) is 4.74. The molecule has 69 valence electrons. The second-order valence-corrected chi connectivity index (χ2v) is 3.87. The fourth-order valence-electron chi connectivity index (χ4n) is 1.38. The largest absolute Gasteiger partial charge is 0.378 e. The van der Waals surface area contributed by atoms with Crippen molar-refractivity contribution in [1.29, 1.82) is 0 Å². The SMILES string of the molecule is [CH2]C1CC(OC)C(OC)C=C1Br. The van der Waals surface area contributed by atoms with E-state index in [1.807, 2.05) is 6.08 Å². The third kappa shape index (κ3) is 2.09. The molecule has 3 unspecified atom stereocenters. The monoisotopic (exact) mass is 233 g/mol. The lowest BCUT2D eigenvalue weighted by Crippen LogP contribution is -2.33. The highest BCUT2D eigenvalue weighted by Crippen LogP contribution is 2.30. The fraction of sp³-hybridized carbons (Fsp3) is 0.667. The minimum absolute atomic E-state index is 0.0578. The van der Waals surface area contributed by atoms with E-state index >= 15 is 0 Å². The van der Waals surface area contributed by atoms with E-state index in [-0.39, 0.29) is 12.2 Å². The van der Waals surface area contributed by atoms with Gasteiger partial charge < -0.3 is 9.47 Å². The summed E-state index contributed by atoms with van der Waals surface area (Å²) in [4.78, 5) is 0. The lowest BCUT2D eigenvalue weighted by atomic mass is 9.93. The molecule has 0 spiro atoms. The molecule has 0 fully saturated rings. The van der Waals surface area contributed by atoms with E-state index in [0.717, 1.165) is 10.9 Å². The van der Waals surface area contributed by atoms with Crippen LogP contribution in [0.4, 0.5) is 0 Å². The minimum Gasteiger partial charge on any atom is -0.378 e. The smallest absolute Gasteiger partial charge is 0.102 e. The quantitative estimate of drug-likeness (QED) is 0.728. The molecule has 1 aliphatic carbocycles. The standard InChI is InChI=1S/C9H14BrO2/c1-6-4-8(11-2)9(12-3)5-7(6)10/h5-6,8-9H,1,4H2,2-3H3. The minimum atomic E-state index is 0.0578. The van der Waals surface area contributed by atoms with Crippen molar-refractivity contribution in [3.05, 3.63) is 17.5 Å². The van der Waals surface area contributed by atoms with Gasteiger partial charge in [-0.3, -0.25) is 0 Å². The van der Waals surface area contributed by atoms with Crippen LogP contribution in [0.1, 0.15) is 6.42 Å². The van der Waals surface area contributed by atoms with Crippen LogP contribution in [-0.4, -0.2) is 26.4 Å². The number of methoxy groups -OCH3 is 2. The molecule has 0 saturated carbocycles. The van der Waals surface area contributed by atoms with E-state index in [4.69, 9.17) is 9.47 Å². The Labute approximate surface area is 82.1 Å². The summed E-state index contributed by atoms with van der Waals surface area (Å²) in [6.45, 7) is 3.99.